The summed E-state index contributed by atoms with van der Waals surface area (Å²) in [6.07, 6.45) is 3.80. The lowest BCUT2D eigenvalue weighted by Crippen LogP contribution is -2.33. The van der Waals surface area contributed by atoms with Crippen LogP contribution in [0.15, 0.2) is 0 Å². The van der Waals surface area contributed by atoms with Crippen LogP contribution in [0.25, 0.3) is 0 Å². The van der Waals surface area contributed by atoms with Gasteiger partial charge in [-0.3, -0.25) is 9.59 Å². The van der Waals surface area contributed by atoms with Gasteiger partial charge < -0.3 is 0 Å². The van der Waals surface area contributed by atoms with E-state index < -0.39 is 10.8 Å². The molecule has 2 atom stereocenters. The van der Waals surface area contributed by atoms with Crippen molar-refractivity contribution in [1.29, 1.82) is 0 Å². The van der Waals surface area contributed by atoms with E-state index in [-0.39, 0.29) is 10.5 Å². The maximum atomic E-state index is 11.4. The highest BCUT2D eigenvalue weighted by molar-refractivity contribution is 6.65. The third kappa shape index (κ3) is 2.73. The first-order valence-electron chi connectivity index (χ1n) is 5.20. The molecule has 0 aromatic heterocycles. The van der Waals surface area contributed by atoms with Gasteiger partial charge in [0, 0.05) is 10.8 Å². The number of carbonyl (C=O) groups is 2. The molecule has 0 radical (unpaired) electrons. The summed E-state index contributed by atoms with van der Waals surface area (Å²) in [4.78, 5) is 22.8. The molecule has 1 aliphatic rings. The van der Waals surface area contributed by atoms with Gasteiger partial charge in [0.2, 0.25) is 10.5 Å². The zero-order valence-electron chi connectivity index (χ0n) is 9.11. The number of hydrogen-bond acceptors (Lipinski definition) is 2. The average molecular weight is 251 g/mol. The zero-order valence-corrected chi connectivity index (χ0v) is 10.6. The molecule has 0 N–H and O–H groups in total. The van der Waals surface area contributed by atoms with Crippen molar-refractivity contribution in [3.63, 3.8) is 0 Å². The fourth-order valence-electron chi connectivity index (χ4n) is 2.40. The molecule has 0 saturated heterocycles. The highest BCUT2D eigenvalue weighted by Crippen LogP contribution is 2.46. The number of carbonyl (C=O) groups excluding carboxylic acids is 2. The molecule has 4 heteroatoms. The summed E-state index contributed by atoms with van der Waals surface area (Å²) in [7, 11) is 0. The van der Waals surface area contributed by atoms with E-state index in [2.05, 4.69) is 0 Å². The van der Waals surface area contributed by atoms with Gasteiger partial charge in [0.15, 0.2) is 0 Å². The first-order chi connectivity index (χ1) is 6.80. The summed E-state index contributed by atoms with van der Waals surface area (Å²) in [6, 6.07) is 0. The van der Waals surface area contributed by atoms with Crippen LogP contribution in [0.2, 0.25) is 0 Å². The molecule has 0 spiro atoms. The van der Waals surface area contributed by atoms with Crippen molar-refractivity contribution in [1.82, 2.24) is 0 Å². The van der Waals surface area contributed by atoms with Gasteiger partial charge >= 0.3 is 0 Å². The van der Waals surface area contributed by atoms with E-state index in [1.165, 1.54) is 0 Å². The second kappa shape index (κ2) is 4.42. The quantitative estimate of drug-likeness (QED) is 0.556. The number of rotatable bonds is 2. The van der Waals surface area contributed by atoms with E-state index in [0.717, 1.165) is 25.7 Å². The third-order valence-corrected chi connectivity index (χ3v) is 4.35. The van der Waals surface area contributed by atoms with Gasteiger partial charge in [-0.1, -0.05) is 26.7 Å². The topological polar surface area (TPSA) is 34.1 Å². The van der Waals surface area contributed by atoms with E-state index in [4.69, 9.17) is 23.2 Å². The Morgan fingerprint density at radius 2 is 1.27 bits per heavy atom. The lowest BCUT2D eigenvalue weighted by atomic mass is 9.73. The minimum absolute atomic E-state index is 0.353. The summed E-state index contributed by atoms with van der Waals surface area (Å²) in [5, 5.41) is -0.706. The smallest absolute Gasteiger partial charge is 0.227 e. The maximum Gasteiger partial charge on any atom is 0.227 e. The van der Waals surface area contributed by atoms with Crippen LogP contribution in [-0.2, 0) is 9.59 Å². The molecule has 0 bridgehead atoms. The molecule has 2 nitrogen and oxygen atoms in total. The molecular weight excluding hydrogens is 235 g/mol. The Bertz CT molecular complexity index is 262. The number of halogens is 2. The molecule has 0 heterocycles. The van der Waals surface area contributed by atoms with Crippen molar-refractivity contribution in [2.75, 3.05) is 0 Å². The molecule has 15 heavy (non-hydrogen) atoms. The Hall–Kier alpha value is -0.0800. The van der Waals surface area contributed by atoms with Crippen molar-refractivity contribution in [2.24, 2.45) is 10.8 Å². The standard InChI is InChI=1S/C11H16Cl2O2/c1-10(8(12)14)5-3-4-6-11(2,7-10)9(13)15/h3-7H2,1-2H3. The van der Waals surface area contributed by atoms with Crippen LogP contribution in [0.4, 0.5) is 0 Å². The lowest BCUT2D eigenvalue weighted by molar-refractivity contribution is -0.125. The molecule has 86 valence electrons. The maximum absolute atomic E-state index is 11.4. The molecule has 0 amide bonds. The fraction of sp³-hybridized carbons (Fsp3) is 0.818. The van der Waals surface area contributed by atoms with Crippen molar-refractivity contribution >= 4 is 33.7 Å². The van der Waals surface area contributed by atoms with Gasteiger partial charge in [-0.05, 0) is 42.5 Å². The van der Waals surface area contributed by atoms with E-state index in [9.17, 15) is 9.59 Å². The van der Waals surface area contributed by atoms with Crippen LogP contribution in [-0.4, -0.2) is 10.5 Å². The molecule has 1 saturated carbocycles. The van der Waals surface area contributed by atoms with Gasteiger partial charge in [-0.25, -0.2) is 0 Å². The Kier molecular flexibility index (Phi) is 3.83. The largest absolute Gasteiger partial charge is 0.281 e. The molecule has 0 aromatic carbocycles. The highest BCUT2D eigenvalue weighted by Gasteiger charge is 2.44. The summed E-state index contributed by atoms with van der Waals surface area (Å²) >= 11 is 11.2. The first-order valence-corrected chi connectivity index (χ1v) is 5.96. The van der Waals surface area contributed by atoms with E-state index in [1.807, 2.05) is 13.8 Å². The Morgan fingerprint density at radius 1 is 0.933 bits per heavy atom. The van der Waals surface area contributed by atoms with Crippen molar-refractivity contribution in [3.05, 3.63) is 0 Å². The van der Waals surface area contributed by atoms with Gasteiger partial charge in [0.1, 0.15) is 0 Å². The summed E-state index contributed by atoms with van der Waals surface area (Å²) in [5.41, 5.74) is -1.20. The van der Waals surface area contributed by atoms with Crippen molar-refractivity contribution in [2.45, 2.75) is 46.0 Å². The van der Waals surface area contributed by atoms with E-state index in [0.29, 0.717) is 6.42 Å². The molecular formula is C11H16Cl2O2. The van der Waals surface area contributed by atoms with Crippen LogP contribution < -0.4 is 0 Å². The van der Waals surface area contributed by atoms with Crippen LogP contribution in [0.1, 0.15) is 46.0 Å². The van der Waals surface area contributed by atoms with E-state index in [1.54, 1.807) is 0 Å². The lowest BCUT2D eigenvalue weighted by Gasteiger charge is -2.32. The van der Waals surface area contributed by atoms with Crippen LogP contribution in [0.5, 0.6) is 0 Å². The highest BCUT2D eigenvalue weighted by atomic mass is 35.5. The average Bonchev–Trinajstić information content (AvgIpc) is 2.26. The molecule has 0 aromatic rings. The zero-order chi connectivity index (χ0) is 11.7. The molecule has 0 aliphatic heterocycles. The predicted molar refractivity (Wildman–Crippen MR) is 61.0 cm³/mol. The van der Waals surface area contributed by atoms with Crippen LogP contribution >= 0.6 is 23.2 Å². The van der Waals surface area contributed by atoms with Crippen LogP contribution in [0, 0.1) is 10.8 Å². The summed E-state index contributed by atoms with van der Waals surface area (Å²) in [5.74, 6) is 0. The first kappa shape index (κ1) is 13.0. The van der Waals surface area contributed by atoms with Gasteiger partial charge in [-0.2, -0.15) is 0 Å². The normalized spacial score (nSPS) is 37.1. The minimum Gasteiger partial charge on any atom is -0.281 e. The van der Waals surface area contributed by atoms with Gasteiger partial charge in [0.25, 0.3) is 0 Å². The third-order valence-electron chi connectivity index (χ3n) is 3.44. The Balaban J connectivity index is 2.96. The SMILES string of the molecule is CC1(C(=O)Cl)CCCCC(C)(C(=O)Cl)C1. The molecule has 1 fully saturated rings. The van der Waals surface area contributed by atoms with Gasteiger partial charge in [-0.15, -0.1) is 0 Å². The molecule has 2 unspecified atom stereocenters. The van der Waals surface area contributed by atoms with Crippen molar-refractivity contribution in [3.8, 4) is 0 Å². The molecule has 1 aliphatic carbocycles. The molecule has 1 rings (SSSR count). The second-order valence-corrected chi connectivity index (χ2v) is 5.74. The fourth-order valence-corrected chi connectivity index (χ4v) is 2.73. The Labute approximate surface area is 100 Å². The predicted octanol–water partition coefficient (Wildman–Crippen LogP) is 3.49. The van der Waals surface area contributed by atoms with Gasteiger partial charge in [0.05, 0.1) is 0 Å². The minimum atomic E-state index is -0.600. The summed E-state index contributed by atoms with van der Waals surface area (Å²) < 4.78 is 0. The second-order valence-electron chi connectivity index (χ2n) is 5.05. The van der Waals surface area contributed by atoms with Crippen LogP contribution in [0.3, 0.4) is 0 Å². The Morgan fingerprint density at radius 3 is 1.53 bits per heavy atom. The van der Waals surface area contributed by atoms with Crippen molar-refractivity contribution < 1.29 is 9.59 Å². The summed E-state index contributed by atoms with van der Waals surface area (Å²) in [6.45, 7) is 3.65. The number of hydrogen-bond donors (Lipinski definition) is 0. The van der Waals surface area contributed by atoms with E-state index >= 15 is 0 Å². The monoisotopic (exact) mass is 250 g/mol.